The smallest absolute Gasteiger partial charge is 0.148 e. The van der Waals surface area contributed by atoms with Crippen LogP contribution in [0.15, 0.2) is 34.9 Å². The summed E-state index contributed by atoms with van der Waals surface area (Å²) >= 11 is 3.22. The molecule has 1 N–H and O–H groups in total. The molecule has 5 heteroatoms. The van der Waals surface area contributed by atoms with Crippen LogP contribution in [-0.4, -0.2) is 9.78 Å². The van der Waals surface area contributed by atoms with Gasteiger partial charge in [0.05, 0.1) is 0 Å². The van der Waals surface area contributed by atoms with Gasteiger partial charge >= 0.3 is 0 Å². The number of hydrogen-bond donors (Lipinski definition) is 1. The first-order valence-electron chi connectivity index (χ1n) is 4.82. The van der Waals surface area contributed by atoms with E-state index in [1.165, 1.54) is 6.07 Å². The standard InChI is InChI=1S/C11H11BrFN3/c1-16-5-4-11(15-16)14-7-8-2-3-9(12)6-10(8)13/h2-6H,7H2,1H3,(H,14,15). The summed E-state index contributed by atoms with van der Waals surface area (Å²) in [5, 5.41) is 7.20. The number of hydrogen-bond acceptors (Lipinski definition) is 2. The Morgan fingerprint density at radius 1 is 1.44 bits per heavy atom. The number of aromatic nitrogens is 2. The maximum absolute atomic E-state index is 13.5. The topological polar surface area (TPSA) is 29.9 Å². The molecule has 3 nitrogen and oxygen atoms in total. The van der Waals surface area contributed by atoms with Crippen molar-refractivity contribution >= 4 is 21.7 Å². The molecule has 0 spiro atoms. The molecule has 0 atom stereocenters. The summed E-state index contributed by atoms with van der Waals surface area (Å²) in [5.74, 6) is 0.516. The van der Waals surface area contributed by atoms with Gasteiger partial charge in [0.15, 0.2) is 0 Å². The van der Waals surface area contributed by atoms with Crippen LogP contribution in [0.5, 0.6) is 0 Å². The average Bonchev–Trinajstić information content (AvgIpc) is 2.63. The number of anilines is 1. The van der Waals surface area contributed by atoms with E-state index < -0.39 is 0 Å². The maximum Gasteiger partial charge on any atom is 0.148 e. The van der Waals surface area contributed by atoms with E-state index in [9.17, 15) is 4.39 Å². The zero-order valence-corrected chi connectivity index (χ0v) is 10.3. The molecule has 0 aliphatic carbocycles. The van der Waals surface area contributed by atoms with Crippen molar-refractivity contribution in [1.82, 2.24) is 9.78 Å². The molecular weight excluding hydrogens is 273 g/mol. The summed E-state index contributed by atoms with van der Waals surface area (Å²) in [6, 6.07) is 6.86. The predicted molar refractivity (Wildman–Crippen MR) is 64.6 cm³/mol. The monoisotopic (exact) mass is 283 g/mol. The molecule has 2 rings (SSSR count). The summed E-state index contributed by atoms with van der Waals surface area (Å²) in [5.41, 5.74) is 0.619. The van der Waals surface area contributed by atoms with Crippen molar-refractivity contribution in [2.24, 2.45) is 7.05 Å². The lowest BCUT2D eigenvalue weighted by atomic mass is 10.2. The van der Waals surface area contributed by atoms with Gasteiger partial charge in [0.2, 0.25) is 0 Å². The number of rotatable bonds is 3. The second kappa shape index (κ2) is 4.65. The van der Waals surface area contributed by atoms with Gasteiger partial charge in [-0.05, 0) is 12.1 Å². The minimum atomic E-state index is -0.224. The summed E-state index contributed by atoms with van der Waals surface area (Å²) in [6.45, 7) is 0.427. The Morgan fingerprint density at radius 2 is 2.25 bits per heavy atom. The van der Waals surface area contributed by atoms with Crippen LogP contribution in [0.2, 0.25) is 0 Å². The van der Waals surface area contributed by atoms with E-state index in [1.807, 2.05) is 25.4 Å². The van der Waals surface area contributed by atoms with Gasteiger partial charge in [-0.2, -0.15) is 5.10 Å². The fourth-order valence-corrected chi connectivity index (χ4v) is 1.69. The van der Waals surface area contributed by atoms with Crippen molar-refractivity contribution in [1.29, 1.82) is 0 Å². The second-order valence-corrected chi connectivity index (χ2v) is 4.38. The first kappa shape index (κ1) is 11.1. The highest BCUT2D eigenvalue weighted by Crippen LogP contribution is 2.16. The molecule has 0 aliphatic rings. The Hall–Kier alpha value is -1.36. The van der Waals surface area contributed by atoms with Gasteiger partial charge in [-0.25, -0.2) is 4.39 Å². The third-order valence-electron chi connectivity index (χ3n) is 2.19. The molecule has 0 radical (unpaired) electrons. The van der Waals surface area contributed by atoms with E-state index in [0.29, 0.717) is 12.1 Å². The van der Waals surface area contributed by atoms with Crippen LogP contribution in [0.4, 0.5) is 10.2 Å². The van der Waals surface area contributed by atoms with Crippen LogP contribution in [0.1, 0.15) is 5.56 Å². The fourth-order valence-electron chi connectivity index (χ4n) is 1.36. The van der Waals surface area contributed by atoms with Gasteiger partial charge < -0.3 is 5.32 Å². The predicted octanol–water partition coefficient (Wildman–Crippen LogP) is 2.93. The second-order valence-electron chi connectivity index (χ2n) is 3.46. The molecule has 0 saturated carbocycles. The summed E-state index contributed by atoms with van der Waals surface area (Å²) in [4.78, 5) is 0. The van der Waals surface area contributed by atoms with Gasteiger partial charge in [0.1, 0.15) is 11.6 Å². The lowest BCUT2D eigenvalue weighted by Gasteiger charge is -2.04. The maximum atomic E-state index is 13.5. The molecule has 0 aliphatic heterocycles. The largest absolute Gasteiger partial charge is 0.364 e. The molecule has 1 heterocycles. The molecule has 1 aromatic carbocycles. The van der Waals surface area contributed by atoms with Gasteiger partial charge in [0, 0.05) is 35.9 Å². The zero-order valence-electron chi connectivity index (χ0n) is 8.74. The van der Waals surface area contributed by atoms with E-state index in [-0.39, 0.29) is 5.82 Å². The van der Waals surface area contributed by atoms with Crippen molar-refractivity contribution < 1.29 is 4.39 Å². The Kier molecular flexibility index (Phi) is 3.24. The van der Waals surface area contributed by atoms with Crippen LogP contribution < -0.4 is 5.32 Å². The molecule has 0 saturated heterocycles. The minimum absolute atomic E-state index is 0.224. The quantitative estimate of drug-likeness (QED) is 0.939. The molecule has 0 unspecified atom stereocenters. The lowest BCUT2D eigenvalue weighted by Crippen LogP contribution is -2.02. The van der Waals surface area contributed by atoms with Crippen molar-refractivity contribution in [3.63, 3.8) is 0 Å². The Bertz CT molecular complexity index is 496. The molecule has 0 bridgehead atoms. The Labute approximate surface area is 101 Å². The Morgan fingerprint density at radius 3 is 2.88 bits per heavy atom. The van der Waals surface area contributed by atoms with Crippen molar-refractivity contribution in [2.45, 2.75) is 6.54 Å². The Balaban J connectivity index is 2.04. The van der Waals surface area contributed by atoms with Crippen LogP contribution in [0, 0.1) is 5.82 Å². The van der Waals surface area contributed by atoms with Crippen LogP contribution >= 0.6 is 15.9 Å². The summed E-state index contributed by atoms with van der Waals surface area (Å²) < 4.78 is 15.9. The molecule has 0 amide bonds. The van der Waals surface area contributed by atoms with Crippen LogP contribution in [-0.2, 0) is 13.6 Å². The average molecular weight is 284 g/mol. The number of nitrogens with zero attached hydrogens (tertiary/aromatic N) is 2. The number of nitrogens with one attached hydrogen (secondary N) is 1. The summed E-state index contributed by atoms with van der Waals surface area (Å²) in [6.07, 6.45) is 1.83. The highest BCUT2D eigenvalue weighted by atomic mass is 79.9. The third kappa shape index (κ3) is 2.61. The van der Waals surface area contributed by atoms with Gasteiger partial charge in [-0.15, -0.1) is 0 Å². The zero-order chi connectivity index (χ0) is 11.5. The van der Waals surface area contributed by atoms with E-state index in [0.717, 1.165) is 10.3 Å². The molecule has 16 heavy (non-hydrogen) atoms. The van der Waals surface area contributed by atoms with Gasteiger partial charge in [0.25, 0.3) is 0 Å². The molecule has 0 fully saturated rings. The number of benzene rings is 1. The van der Waals surface area contributed by atoms with E-state index in [4.69, 9.17) is 0 Å². The van der Waals surface area contributed by atoms with Gasteiger partial charge in [-0.1, -0.05) is 22.0 Å². The fraction of sp³-hybridized carbons (Fsp3) is 0.182. The van der Waals surface area contributed by atoms with E-state index in [2.05, 4.69) is 26.3 Å². The first-order chi connectivity index (χ1) is 7.65. The van der Waals surface area contributed by atoms with Crippen LogP contribution in [0.3, 0.4) is 0 Å². The first-order valence-corrected chi connectivity index (χ1v) is 5.62. The normalized spacial score (nSPS) is 10.4. The number of aryl methyl sites for hydroxylation is 1. The van der Waals surface area contributed by atoms with Crippen molar-refractivity contribution in [3.05, 3.63) is 46.3 Å². The summed E-state index contributed by atoms with van der Waals surface area (Å²) in [7, 11) is 1.84. The lowest BCUT2D eigenvalue weighted by molar-refractivity contribution is 0.612. The van der Waals surface area contributed by atoms with Crippen molar-refractivity contribution in [2.75, 3.05) is 5.32 Å². The van der Waals surface area contributed by atoms with Gasteiger partial charge in [-0.3, -0.25) is 4.68 Å². The molecular formula is C11H11BrFN3. The van der Waals surface area contributed by atoms with E-state index >= 15 is 0 Å². The third-order valence-corrected chi connectivity index (χ3v) is 2.68. The highest BCUT2D eigenvalue weighted by Gasteiger charge is 2.03. The minimum Gasteiger partial charge on any atom is -0.364 e. The van der Waals surface area contributed by atoms with Crippen LogP contribution in [0.25, 0.3) is 0 Å². The molecule has 2 aromatic rings. The molecule has 84 valence electrons. The van der Waals surface area contributed by atoms with Crippen molar-refractivity contribution in [3.8, 4) is 0 Å². The molecule has 1 aromatic heterocycles. The number of halogens is 2. The van der Waals surface area contributed by atoms with E-state index in [1.54, 1.807) is 10.7 Å². The highest BCUT2D eigenvalue weighted by molar-refractivity contribution is 9.10. The SMILES string of the molecule is Cn1ccc(NCc2ccc(Br)cc2F)n1.